The first-order valence-electron chi connectivity index (χ1n) is 14.0. The van der Waals surface area contributed by atoms with Gasteiger partial charge >= 0.3 is 0 Å². The number of hydrogen-bond acceptors (Lipinski definition) is 6. The zero-order valence-electron chi connectivity index (χ0n) is 23.4. The predicted octanol–water partition coefficient (Wildman–Crippen LogP) is 6.24. The molecule has 42 heavy (non-hydrogen) atoms. The van der Waals surface area contributed by atoms with Gasteiger partial charge in [0.25, 0.3) is 5.91 Å². The van der Waals surface area contributed by atoms with Gasteiger partial charge in [0, 0.05) is 41.3 Å². The monoisotopic (exact) mass is 582 g/mol. The van der Waals surface area contributed by atoms with Gasteiger partial charge in [-0.05, 0) is 43.7 Å². The van der Waals surface area contributed by atoms with Crippen LogP contribution in [0.1, 0.15) is 40.1 Å². The number of halogens is 1. The SMILES string of the molecule is COc1cccc(-c2nc(C(=O)[C@@H](NC(=O)c3cn(C)c4ccccc34)C3CCCCN3)c(-c3ccccc3F)s2)c1. The van der Waals surface area contributed by atoms with E-state index in [4.69, 9.17) is 9.72 Å². The van der Waals surface area contributed by atoms with Gasteiger partial charge in [-0.15, -0.1) is 11.3 Å². The lowest BCUT2D eigenvalue weighted by molar-refractivity contribution is 0.0824. The Kier molecular flexibility index (Phi) is 7.86. The van der Waals surface area contributed by atoms with E-state index in [1.807, 2.05) is 60.1 Å². The maximum absolute atomic E-state index is 15.2. The normalized spacial score (nSPS) is 15.8. The number of para-hydroxylation sites is 1. The molecule has 1 amide bonds. The minimum atomic E-state index is -0.900. The number of ketones is 1. The molecule has 9 heteroatoms. The number of ether oxygens (including phenoxy) is 1. The second-order valence-corrected chi connectivity index (χ2v) is 11.5. The molecule has 3 aromatic carbocycles. The number of benzene rings is 3. The lowest BCUT2D eigenvalue weighted by Crippen LogP contribution is -2.55. The summed E-state index contributed by atoms with van der Waals surface area (Å²) in [5.74, 6) is -0.492. The molecule has 3 heterocycles. The van der Waals surface area contributed by atoms with Crippen LogP contribution in [0, 0.1) is 5.82 Å². The van der Waals surface area contributed by atoms with E-state index >= 15 is 4.39 Å². The van der Waals surface area contributed by atoms with Gasteiger partial charge in [0.15, 0.2) is 0 Å². The maximum atomic E-state index is 15.2. The number of amides is 1. The minimum Gasteiger partial charge on any atom is -0.497 e. The molecule has 1 aliphatic rings. The summed E-state index contributed by atoms with van der Waals surface area (Å²) in [5, 5.41) is 7.86. The fraction of sp³-hybridized carbons (Fsp3) is 0.242. The van der Waals surface area contributed by atoms with Gasteiger partial charge in [-0.2, -0.15) is 0 Å². The highest BCUT2D eigenvalue weighted by Crippen LogP contribution is 2.38. The number of fused-ring (bicyclic) bond motifs is 1. The summed E-state index contributed by atoms with van der Waals surface area (Å²) in [7, 11) is 3.47. The summed E-state index contributed by atoms with van der Waals surface area (Å²) >= 11 is 1.25. The van der Waals surface area contributed by atoms with Crippen LogP contribution in [-0.4, -0.2) is 47.0 Å². The number of methoxy groups -OCH3 is 1. The van der Waals surface area contributed by atoms with Crippen LogP contribution in [0.5, 0.6) is 5.75 Å². The summed E-state index contributed by atoms with van der Waals surface area (Å²) in [6, 6.07) is 20.2. The Morgan fingerprint density at radius 2 is 1.90 bits per heavy atom. The summed E-state index contributed by atoms with van der Waals surface area (Å²) in [5.41, 5.74) is 2.60. The highest BCUT2D eigenvalue weighted by molar-refractivity contribution is 7.18. The Labute approximate surface area is 247 Å². The molecule has 1 fully saturated rings. The van der Waals surface area contributed by atoms with Crippen molar-refractivity contribution in [2.75, 3.05) is 13.7 Å². The van der Waals surface area contributed by atoms with Crippen LogP contribution in [0.2, 0.25) is 0 Å². The Hall–Kier alpha value is -4.34. The Morgan fingerprint density at radius 3 is 2.69 bits per heavy atom. The quantitative estimate of drug-likeness (QED) is 0.212. The number of nitrogens with zero attached hydrogens (tertiary/aromatic N) is 2. The van der Waals surface area contributed by atoms with Gasteiger partial charge in [-0.1, -0.05) is 55.0 Å². The molecule has 2 aromatic heterocycles. The van der Waals surface area contributed by atoms with Crippen LogP contribution < -0.4 is 15.4 Å². The first-order chi connectivity index (χ1) is 20.4. The third-order valence-corrected chi connectivity index (χ3v) is 8.89. The van der Waals surface area contributed by atoms with Crippen molar-refractivity contribution in [3.63, 3.8) is 0 Å². The third kappa shape index (κ3) is 5.33. The molecule has 7 nitrogen and oxygen atoms in total. The number of carbonyl (C=O) groups is 2. The van der Waals surface area contributed by atoms with E-state index in [0.29, 0.717) is 33.2 Å². The largest absolute Gasteiger partial charge is 0.497 e. The van der Waals surface area contributed by atoms with Crippen LogP contribution in [0.4, 0.5) is 4.39 Å². The van der Waals surface area contributed by atoms with Gasteiger partial charge in [0.2, 0.25) is 5.78 Å². The molecule has 2 atom stereocenters. The van der Waals surface area contributed by atoms with E-state index < -0.39 is 11.9 Å². The molecule has 5 aromatic rings. The molecular weight excluding hydrogens is 551 g/mol. The summed E-state index contributed by atoms with van der Waals surface area (Å²) in [6.45, 7) is 0.741. The number of aryl methyl sites for hydroxylation is 1. The second kappa shape index (κ2) is 11.9. The fourth-order valence-electron chi connectivity index (χ4n) is 5.60. The van der Waals surface area contributed by atoms with Crippen molar-refractivity contribution >= 4 is 33.9 Å². The van der Waals surface area contributed by atoms with Crippen LogP contribution in [0.25, 0.3) is 31.9 Å². The molecule has 2 N–H and O–H groups in total. The topological polar surface area (TPSA) is 85.2 Å². The van der Waals surface area contributed by atoms with Crippen LogP contribution in [0.15, 0.2) is 79.0 Å². The fourth-order valence-corrected chi connectivity index (χ4v) is 6.69. The Morgan fingerprint density at radius 1 is 1.10 bits per heavy atom. The molecular formula is C33H31FN4O3S. The molecule has 0 radical (unpaired) electrons. The van der Waals surface area contributed by atoms with Gasteiger partial charge < -0.3 is 19.9 Å². The second-order valence-electron chi connectivity index (χ2n) is 10.5. The van der Waals surface area contributed by atoms with E-state index in [-0.39, 0.29) is 23.4 Å². The predicted molar refractivity (Wildman–Crippen MR) is 164 cm³/mol. The number of hydrogen-bond donors (Lipinski definition) is 2. The van der Waals surface area contributed by atoms with Crippen LogP contribution in [0.3, 0.4) is 0 Å². The first kappa shape index (κ1) is 27.8. The number of piperidine rings is 1. The van der Waals surface area contributed by atoms with Gasteiger partial charge in [-0.25, -0.2) is 9.37 Å². The van der Waals surface area contributed by atoms with E-state index in [0.717, 1.165) is 35.9 Å². The maximum Gasteiger partial charge on any atom is 0.254 e. The number of aromatic nitrogens is 2. The smallest absolute Gasteiger partial charge is 0.254 e. The van der Waals surface area contributed by atoms with Crippen molar-refractivity contribution < 1.29 is 18.7 Å². The lowest BCUT2D eigenvalue weighted by Gasteiger charge is -2.31. The van der Waals surface area contributed by atoms with Crippen LogP contribution >= 0.6 is 11.3 Å². The summed E-state index contributed by atoms with van der Waals surface area (Å²) < 4.78 is 22.4. The summed E-state index contributed by atoms with van der Waals surface area (Å²) in [6.07, 6.45) is 4.42. The van der Waals surface area contributed by atoms with Gasteiger partial charge in [0.1, 0.15) is 28.3 Å². The molecule has 6 rings (SSSR count). The van der Waals surface area contributed by atoms with Crippen molar-refractivity contribution in [3.8, 4) is 26.8 Å². The molecule has 0 aliphatic carbocycles. The lowest BCUT2D eigenvalue weighted by atomic mass is 9.92. The average Bonchev–Trinajstić information content (AvgIpc) is 3.62. The zero-order valence-corrected chi connectivity index (χ0v) is 24.2. The van der Waals surface area contributed by atoms with E-state index in [1.165, 1.54) is 17.4 Å². The number of thiazole rings is 1. The van der Waals surface area contributed by atoms with Crippen molar-refractivity contribution in [3.05, 3.63) is 96.1 Å². The van der Waals surface area contributed by atoms with E-state index in [2.05, 4.69) is 10.6 Å². The molecule has 1 saturated heterocycles. The number of rotatable bonds is 8. The van der Waals surface area contributed by atoms with E-state index in [1.54, 1.807) is 31.5 Å². The molecule has 0 saturated carbocycles. The summed E-state index contributed by atoms with van der Waals surface area (Å²) in [4.78, 5) is 33.5. The van der Waals surface area contributed by atoms with E-state index in [9.17, 15) is 9.59 Å². The van der Waals surface area contributed by atoms with Crippen molar-refractivity contribution in [2.45, 2.75) is 31.3 Å². The minimum absolute atomic E-state index is 0.138. The Bertz CT molecular complexity index is 1770. The molecule has 0 spiro atoms. The zero-order chi connectivity index (χ0) is 29.2. The van der Waals surface area contributed by atoms with Gasteiger partial charge in [0.05, 0.1) is 17.6 Å². The van der Waals surface area contributed by atoms with Crippen molar-refractivity contribution in [2.24, 2.45) is 7.05 Å². The molecule has 1 unspecified atom stereocenters. The van der Waals surface area contributed by atoms with Crippen molar-refractivity contribution in [1.29, 1.82) is 0 Å². The number of carbonyl (C=O) groups excluding carboxylic acids is 2. The van der Waals surface area contributed by atoms with Gasteiger partial charge in [-0.3, -0.25) is 9.59 Å². The highest BCUT2D eigenvalue weighted by atomic mass is 32.1. The number of nitrogens with one attached hydrogen (secondary N) is 2. The Balaban J connectivity index is 1.43. The molecule has 214 valence electrons. The van der Waals surface area contributed by atoms with Crippen molar-refractivity contribution in [1.82, 2.24) is 20.2 Å². The average molecular weight is 583 g/mol. The highest BCUT2D eigenvalue weighted by Gasteiger charge is 2.36. The number of Topliss-reactive ketones (excluding diaryl/α,β-unsaturated/α-hetero) is 1. The molecule has 1 aliphatic heterocycles. The molecule has 0 bridgehead atoms. The standard InChI is InChI=1S/C33H31FN4O3S/c1-38-19-24(22-12-4-6-16-27(22)38)32(40)36-28(26-15-7-8-17-35-26)30(39)29-31(23-13-3-5-14-25(23)34)42-33(37-29)20-10-9-11-21(18-20)41-2/h3-6,9-14,16,18-19,26,28,35H,7-8,15,17H2,1-2H3,(H,36,40)/t26?,28-/m0/s1. The third-order valence-electron chi connectivity index (χ3n) is 7.76. The van der Waals surface area contributed by atoms with Crippen LogP contribution in [-0.2, 0) is 7.05 Å². The first-order valence-corrected chi connectivity index (χ1v) is 14.8.